The Hall–Kier alpha value is -1.15. The molecule has 0 bridgehead atoms. The maximum Gasteiger partial charge on any atom is 0.362 e. The van der Waals surface area contributed by atoms with Crippen molar-refractivity contribution in [3.8, 4) is 0 Å². The van der Waals surface area contributed by atoms with Crippen LogP contribution in [0.5, 0.6) is 0 Å². The normalized spacial score (nSPS) is 13.9. The Balaban J connectivity index is 6.90. The quantitative estimate of drug-likeness (QED) is 0.151. The molecule has 0 spiro atoms. The maximum absolute atomic E-state index is 13.3. The summed E-state index contributed by atoms with van der Waals surface area (Å²) in [5, 5.41) is 9.52. The minimum Gasteiger partial charge on any atom is -0.480 e. The second kappa shape index (κ2) is 12.3. The summed E-state index contributed by atoms with van der Waals surface area (Å²) in [5.41, 5.74) is -0.676. The van der Waals surface area contributed by atoms with Crippen LogP contribution in [0.15, 0.2) is 22.6 Å². The van der Waals surface area contributed by atoms with Gasteiger partial charge in [-0.05, 0) is 27.7 Å². The lowest BCUT2D eigenvalue weighted by Gasteiger charge is -2.23. The highest BCUT2D eigenvalue weighted by Crippen LogP contribution is 2.64. The van der Waals surface area contributed by atoms with Crippen LogP contribution in [0.1, 0.15) is 27.7 Å². The van der Waals surface area contributed by atoms with Gasteiger partial charge in [0.05, 0.1) is 46.0 Å². The number of aliphatic hydroxyl groups excluding tert-OH is 1. The summed E-state index contributed by atoms with van der Waals surface area (Å²) in [5.74, 6) is -1.21. The first-order valence-electron chi connectivity index (χ1n) is 8.25. The zero-order valence-electron chi connectivity index (χ0n) is 16.4. The molecule has 12 heteroatoms. The van der Waals surface area contributed by atoms with Crippen molar-refractivity contribution in [2.45, 2.75) is 27.7 Å². The van der Waals surface area contributed by atoms with Crippen molar-refractivity contribution in [2.75, 3.05) is 40.6 Å². The van der Waals surface area contributed by atoms with E-state index in [0.717, 1.165) is 20.0 Å². The predicted molar refractivity (Wildman–Crippen MR) is 98.5 cm³/mol. The van der Waals surface area contributed by atoms with Gasteiger partial charge in [0.25, 0.3) is 5.95 Å². The lowest BCUT2D eigenvalue weighted by molar-refractivity contribution is -0.136. The number of esters is 1. The zero-order valence-corrected chi connectivity index (χ0v) is 18.2. The van der Waals surface area contributed by atoms with Gasteiger partial charge in [0.2, 0.25) is 0 Å². The van der Waals surface area contributed by atoms with Crippen LogP contribution < -0.4 is 0 Å². The topological polar surface area (TPSA) is 127 Å². The van der Waals surface area contributed by atoms with Crippen LogP contribution in [0, 0.1) is 0 Å². The molecule has 0 aromatic carbocycles. The van der Waals surface area contributed by atoms with Crippen molar-refractivity contribution >= 4 is 21.2 Å². The Bertz CT molecular complexity index is 621. The van der Waals surface area contributed by atoms with Crippen LogP contribution in [0.2, 0.25) is 0 Å². The van der Waals surface area contributed by atoms with Crippen LogP contribution in [0.4, 0.5) is 0 Å². The van der Waals surface area contributed by atoms with Gasteiger partial charge in [-0.25, -0.2) is 4.79 Å². The summed E-state index contributed by atoms with van der Waals surface area (Å²) >= 11 is 0. The van der Waals surface area contributed by atoms with Gasteiger partial charge >= 0.3 is 21.2 Å². The van der Waals surface area contributed by atoms with E-state index < -0.39 is 38.0 Å². The second-order valence-electron chi connectivity index (χ2n) is 4.60. The molecule has 0 aromatic rings. The molecule has 158 valence electrons. The molecule has 0 unspecified atom stereocenters. The van der Waals surface area contributed by atoms with Gasteiger partial charge in [0, 0.05) is 5.82 Å². The number of carbonyl (C=O) groups is 1. The maximum atomic E-state index is 13.3. The van der Waals surface area contributed by atoms with Gasteiger partial charge in [-0.15, -0.1) is 0 Å². The summed E-state index contributed by atoms with van der Waals surface area (Å²) < 4.78 is 56.4. The van der Waals surface area contributed by atoms with Crippen LogP contribution in [0.3, 0.4) is 0 Å². The molecule has 0 heterocycles. The molecule has 27 heavy (non-hydrogen) atoms. The summed E-state index contributed by atoms with van der Waals surface area (Å²) in [6, 6.07) is 0. The minimum atomic E-state index is -4.23. The number of aliphatic hydroxyl groups is 1. The first-order valence-corrected chi connectivity index (χ1v) is 11.4. The molecule has 0 radical (unpaired) electrons. The van der Waals surface area contributed by atoms with Gasteiger partial charge in [-0.1, -0.05) is 0 Å². The van der Waals surface area contributed by atoms with Gasteiger partial charge in [-0.3, -0.25) is 9.13 Å². The van der Waals surface area contributed by atoms with Crippen molar-refractivity contribution in [3.63, 3.8) is 0 Å². The summed E-state index contributed by atoms with van der Waals surface area (Å²) in [4.78, 5) is 12.2. The highest BCUT2D eigenvalue weighted by molar-refractivity contribution is 7.62. The summed E-state index contributed by atoms with van der Waals surface area (Å²) in [6.07, 6.45) is 0. The number of rotatable bonds is 13. The molecule has 0 saturated heterocycles. The Labute approximate surface area is 159 Å². The standard InChI is InChI=1S/C15H28O10P2/c1-7-22-26(18,23-8-2)11-12(27(19,24-9-3)25-10-4)13(14(16)20-5)15(17)21-6/h11,16H,7-10H2,1-6H3/b12-11+,14-13?. The molecule has 0 saturated carbocycles. The van der Waals surface area contributed by atoms with Crippen LogP contribution in [-0.2, 0) is 41.5 Å². The van der Waals surface area contributed by atoms with E-state index in [-0.39, 0.29) is 26.4 Å². The third-order valence-corrected chi connectivity index (χ3v) is 7.00. The third kappa shape index (κ3) is 7.41. The van der Waals surface area contributed by atoms with Gasteiger partial charge in [-0.2, -0.15) is 0 Å². The molecule has 0 amide bonds. The highest BCUT2D eigenvalue weighted by Gasteiger charge is 2.41. The molecule has 0 aliphatic carbocycles. The van der Waals surface area contributed by atoms with Crippen LogP contribution >= 0.6 is 15.2 Å². The van der Waals surface area contributed by atoms with Crippen molar-refractivity contribution in [1.29, 1.82) is 0 Å². The Kier molecular flexibility index (Phi) is 11.8. The monoisotopic (exact) mass is 430 g/mol. The molecule has 10 nitrogen and oxygen atoms in total. The number of hydrogen-bond donors (Lipinski definition) is 1. The molecule has 0 atom stereocenters. The summed E-state index contributed by atoms with van der Waals surface area (Å²) in [6.45, 7) is 6.12. The molecule has 0 aliphatic rings. The highest BCUT2D eigenvalue weighted by atomic mass is 31.2. The van der Waals surface area contributed by atoms with E-state index in [9.17, 15) is 19.0 Å². The van der Waals surface area contributed by atoms with Gasteiger partial charge in [0.15, 0.2) is 5.57 Å². The van der Waals surface area contributed by atoms with Crippen LogP contribution in [-0.4, -0.2) is 51.7 Å². The second-order valence-corrected chi connectivity index (χ2v) is 8.45. The average molecular weight is 430 g/mol. The number of carbonyl (C=O) groups excluding carboxylic acids is 1. The Morgan fingerprint density at radius 3 is 1.63 bits per heavy atom. The fourth-order valence-corrected chi connectivity index (χ4v) is 5.77. The van der Waals surface area contributed by atoms with Gasteiger partial charge in [0.1, 0.15) is 0 Å². The van der Waals surface area contributed by atoms with Crippen LogP contribution in [0.25, 0.3) is 0 Å². The van der Waals surface area contributed by atoms with E-state index in [4.69, 9.17) is 22.8 Å². The fraction of sp³-hybridized carbons (Fsp3) is 0.667. The molecule has 0 aromatic heterocycles. The molecule has 0 aliphatic heterocycles. The molecular formula is C15H28O10P2. The lowest BCUT2D eigenvalue weighted by Crippen LogP contribution is -2.14. The van der Waals surface area contributed by atoms with E-state index >= 15 is 0 Å². The molecular weight excluding hydrogens is 402 g/mol. The molecule has 0 fully saturated rings. The summed E-state index contributed by atoms with van der Waals surface area (Å²) in [7, 11) is -6.09. The third-order valence-electron chi connectivity index (χ3n) is 2.84. The lowest BCUT2D eigenvalue weighted by atomic mass is 10.3. The van der Waals surface area contributed by atoms with E-state index in [0.29, 0.717) is 0 Å². The Morgan fingerprint density at radius 2 is 1.30 bits per heavy atom. The SMILES string of the molecule is CCOP(=O)(/C=C(\C(C(=O)OC)=C(O)OC)P(=O)(OCC)OCC)OCC. The predicted octanol–water partition coefficient (Wildman–Crippen LogP) is 3.95. The first-order chi connectivity index (χ1) is 12.7. The van der Waals surface area contributed by atoms with Crippen molar-refractivity contribution in [1.82, 2.24) is 0 Å². The minimum absolute atomic E-state index is 0.00214. The van der Waals surface area contributed by atoms with Crippen molar-refractivity contribution < 1.29 is 46.6 Å². The zero-order chi connectivity index (χ0) is 21.1. The van der Waals surface area contributed by atoms with E-state index in [1.165, 1.54) is 0 Å². The van der Waals surface area contributed by atoms with Crippen molar-refractivity contribution in [2.24, 2.45) is 0 Å². The number of ether oxygens (including phenoxy) is 2. The smallest absolute Gasteiger partial charge is 0.362 e. The number of methoxy groups -OCH3 is 2. The van der Waals surface area contributed by atoms with E-state index in [2.05, 4.69) is 4.74 Å². The average Bonchev–Trinajstić information content (AvgIpc) is 2.61. The molecule has 1 N–H and O–H groups in total. The number of hydrogen-bond acceptors (Lipinski definition) is 10. The van der Waals surface area contributed by atoms with E-state index in [1.807, 2.05) is 0 Å². The first kappa shape index (κ1) is 25.9. The molecule has 0 rings (SSSR count). The van der Waals surface area contributed by atoms with Crippen molar-refractivity contribution in [3.05, 3.63) is 22.6 Å². The Morgan fingerprint density at radius 1 is 0.852 bits per heavy atom. The van der Waals surface area contributed by atoms with E-state index in [1.54, 1.807) is 27.7 Å². The van der Waals surface area contributed by atoms with Gasteiger partial charge < -0.3 is 32.7 Å². The largest absolute Gasteiger partial charge is 0.480 e. The fourth-order valence-electron chi connectivity index (χ4n) is 1.92.